The molecule has 0 aromatic rings. The predicted octanol–water partition coefficient (Wildman–Crippen LogP) is 3.37. The van der Waals surface area contributed by atoms with Gasteiger partial charge in [0.25, 0.3) is 0 Å². The molecule has 5 nitrogen and oxygen atoms in total. The Hall–Kier alpha value is -1.26. The number of nitrogens with zero attached hydrogens (tertiary/aromatic N) is 1. The number of esters is 1. The van der Waals surface area contributed by atoms with Crippen molar-refractivity contribution in [2.75, 3.05) is 19.8 Å². The predicted molar refractivity (Wildman–Crippen MR) is 78.6 cm³/mol. The average Bonchev–Trinajstić information content (AvgIpc) is 2.39. The molecule has 1 unspecified atom stereocenters. The summed E-state index contributed by atoms with van der Waals surface area (Å²) in [5, 5.41) is 0. The van der Waals surface area contributed by atoms with Crippen molar-refractivity contribution in [3.05, 3.63) is 0 Å². The molecule has 0 heterocycles. The highest BCUT2D eigenvalue weighted by atomic mass is 16.6. The zero-order valence-electron chi connectivity index (χ0n) is 13.3. The highest BCUT2D eigenvalue weighted by Gasteiger charge is 2.26. The minimum Gasteiger partial charge on any atom is -0.466 e. The summed E-state index contributed by atoms with van der Waals surface area (Å²) in [5.74, 6) is -0.253. The molecule has 0 fully saturated rings. The Labute approximate surface area is 122 Å². The van der Waals surface area contributed by atoms with Gasteiger partial charge in [-0.3, -0.25) is 4.79 Å². The number of carbonyl (C=O) groups excluding carboxylic acids is 2. The number of carbonyl (C=O) groups is 2. The highest BCUT2D eigenvalue weighted by molar-refractivity contribution is 5.72. The molecule has 0 N–H and O–H groups in total. The van der Waals surface area contributed by atoms with E-state index in [4.69, 9.17) is 9.47 Å². The first-order valence-corrected chi connectivity index (χ1v) is 7.69. The molecule has 0 radical (unpaired) electrons. The Morgan fingerprint density at radius 1 is 1.00 bits per heavy atom. The van der Waals surface area contributed by atoms with Crippen molar-refractivity contribution in [2.45, 2.75) is 65.8 Å². The fourth-order valence-corrected chi connectivity index (χ4v) is 2.07. The number of unbranched alkanes of at least 4 members (excludes halogenated alkanes) is 1. The van der Waals surface area contributed by atoms with Gasteiger partial charge in [0.2, 0.25) is 0 Å². The maximum absolute atomic E-state index is 12.1. The molecule has 1 amide bonds. The largest absolute Gasteiger partial charge is 0.466 e. The second kappa shape index (κ2) is 11.6. The van der Waals surface area contributed by atoms with Crippen LogP contribution < -0.4 is 0 Å². The van der Waals surface area contributed by atoms with Crippen molar-refractivity contribution in [3.63, 3.8) is 0 Å². The normalized spacial score (nSPS) is 11.8. The molecule has 0 aliphatic carbocycles. The van der Waals surface area contributed by atoms with E-state index in [0.717, 1.165) is 25.7 Å². The van der Waals surface area contributed by atoms with E-state index in [0.29, 0.717) is 19.8 Å². The zero-order chi connectivity index (χ0) is 15.4. The fraction of sp³-hybridized carbons (Fsp3) is 0.867. The molecule has 0 aliphatic heterocycles. The number of hydrogen-bond acceptors (Lipinski definition) is 4. The Morgan fingerprint density at radius 2 is 1.65 bits per heavy atom. The Morgan fingerprint density at radius 3 is 2.15 bits per heavy atom. The monoisotopic (exact) mass is 287 g/mol. The summed E-state index contributed by atoms with van der Waals surface area (Å²) in [6, 6.07) is -0.135. The van der Waals surface area contributed by atoms with Crippen molar-refractivity contribution >= 4 is 12.1 Å². The Balaban J connectivity index is 4.79. The van der Waals surface area contributed by atoms with Gasteiger partial charge in [0.15, 0.2) is 0 Å². The summed E-state index contributed by atoms with van der Waals surface area (Å²) < 4.78 is 10.1. The first kappa shape index (κ1) is 18.7. The average molecular weight is 287 g/mol. The molecular weight excluding hydrogens is 258 g/mol. The molecule has 0 saturated carbocycles. The van der Waals surface area contributed by atoms with Gasteiger partial charge in [-0.15, -0.1) is 0 Å². The second-order valence-corrected chi connectivity index (χ2v) is 4.70. The minimum absolute atomic E-state index is 0.135. The Bertz CT molecular complexity index is 281. The first-order chi connectivity index (χ1) is 9.60. The molecule has 5 heteroatoms. The van der Waals surface area contributed by atoms with Crippen LogP contribution in [0.2, 0.25) is 0 Å². The van der Waals surface area contributed by atoms with Crippen LogP contribution in [0.1, 0.15) is 59.8 Å². The molecule has 0 aromatic heterocycles. The minimum atomic E-state index is -0.330. The number of amides is 1. The van der Waals surface area contributed by atoms with Crippen LogP contribution in [0.25, 0.3) is 0 Å². The van der Waals surface area contributed by atoms with E-state index in [9.17, 15) is 9.59 Å². The van der Waals surface area contributed by atoms with Crippen LogP contribution >= 0.6 is 0 Å². The molecule has 1 atom stereocenters. The van der Waals surface area contributed by atoms with Gasteiger partial charge in [-0.25, -0.2) is 4.79 Å². The van der Waals surface area contributed by atoms with Crippen LogP contribution in [0.15, 0.2) is 0 Å². The van der Waals surface area contributed by atoms with Crippen molar-refractivity contribution < 1.29 is 19.1 Å². The van der Waals surface area contributed by atoms with E-state index in [1.165, 1.54) is 0 Å². The van der Waals surface area contributed by atoms with Gasteiger partial charge in [0.1, 0.15) is 0 Å². The topological polar surface area (TPSA) is 55.8 Å². The summed E-state index contributed by atoms with van der Waals surface area (Å²) >= 11 is 0. The number of ether oxygens (including phenoxy) is 2. The molecule has 0 bridgehead atoms. The summed E-state index contributed by atoms with van der Waals surface area (Å²) in [7, 11) is 0. The van der Waals surface area contributed by atoms with Crippen molar-refractivity contribution in [3.8, 4) is 0 Å². The zero-order valence-corrected chi connectivity index (χ0v) is 13.3. The highest BCUT2D eigenvalue weighted by Crippen LogP contribution is 2.15. The van der Waals surface area contributed by atoms with Crippen LogP contribution in [0.5, 0.6) is 0 Å². The second-order valence-electron chi connectivity index (χ2n) is 4.70. The molecule has 0 saturated heterocycles. The molecule has 0 aliphatic rings. The van der Waals surface area contributed by atoms with E-state index in [1.54, 1.807) is 18.7 Å². The third-order valence-electron chi connectivity index (χ3n) is 3.03. The fourth-order valence-electron chi connectivity index (χ4n) is 2.07. The molecule has 20 heavy (non-hydrogen) atoms. The standard InChI is InChI=1S/C15H29NO4/c1-5-9-11-16(15(18)20-8-4)13(10-6-2)12-14(17)19-7-3/h13H,5-12H2,1-4H3. The van der Waals surface area contributed by atoms with Gasteiger partial charge in [-0.05, 0) is 26.7 Å². The van der Waals surface area contributed by atoms with Crippen LogP contribution in [0, 0.1) is 0 Å². The van der Waals surface area contributed by atoms with Crippen molar-refractivity contribution in [1.29, 1.82) is 0 Å². The third-order valence-corrected chi connectivity index (χ3v) is 3.03. The summed E-state index contributed by atoms with van der Waals surface area (Å²) in [6.45, 7) is 9.03. The lowest BCUT2D eigenvalue weighted by molar-refractivity contribution is -0.144. The van der Waals surface area contributed by atoms with Gasteiger partial charge in [-0.2, -0.15) is 0 Å². The van der Waals surface area contributed by atoms with E-state index < -0.39 is 0 Å². The quantitative estimate of drug-likeness (QED) is 0.578. The van der Waals surface area contributed by atoms with Crippen molar-refractivity contribution in [1.82, 2.24) is 4.90 Å². The summed E-state index contributed by atoms with van der Waals surface area (Å²) in [6.07, 6.45) is 3.50. The molecule has 0 spiro atoms. The maximum Gasteiger partial charge on any atom is 0.410 e. The molecule has 0 aromatic carbocycles. The SMILES string of the molecule is CCCCN(C(=O)OCC)C(CCC)CC(=O)OCC. The third kappa shape index (κ3) is 7.36. The van der Waals surface area contributed by atoms with E-state index in [-0.39, 0.29) is 24.5 Å². The van der Waals surface area contributed by atoms with Gasteiger partial charge in [-0.1, -0.05) is 26.7 Å². The van der Waals surface area contributed by atoms with Crippen LogP contribution in [0.3, 0.4) is 0 Å². The van der Waals surface area contributed by atoms with Crippen molar-refractivity contribution in [2.24, 2.45) is 0 Å². The van der Waals surface area contributed by atoms with Gasteiger partial charge < -0.3 is 14.4 Å². The van der Waals surface area contributed by atoms with Gasteiger partial charge >= 0.3 is 12.1 Å². The van der Waals surface area contributed by atoms with Crippen LogP contribution in [0.4, 0.5) is 4.79 Å². The summed E-state index contributed by atoms with van der Waals surface area (Å²) in [4.78, 5) is 25.4. The van der Waals surface area contributed by atoms with Gasteiger partial charge in [0, 0.05) is 12.6 Å². The van der Waals surface area contributed by atoms with E-state index in [2.05, 4.69) is 6.92 Å². The molecule has 0 rings (SSSR count). The lowest BCUT2D eigenvalue weighted by atomic mass is 10.1. The number of rotatable bonds is 10. The smallest absolute Gasteiger partial charge is 0.410 e. The maximum atomic E-state index is 12.1. The number of hydrogen-bond donors (Lipinski definition) is 0. The molecule has 118 valence electrons. The summed E-state index contributed by atoms with van der Waals surface area (Å²) in [5.41, 5.74) is 0. The van der Waals surface area contributed by atoms with E-state index >= 15 is 0 Å². The first-order valence-electron chi connectivity index (χ1n) is 7.69. The lowest BCUT2D eigenvalue weighted by Gasteiger charge is -2.30. The van der Waals surface area contributed by atoms with E-state index in [1.807, 2.05) is 6.92 Å². The van der Waals surface area contributed by atoms with Crippen LogP contribution in [-0.4, -0.2) is 42.8 Å². The molecular formula is C15H29NO4. The Kier molecular flexibility index (Phi) is 10.8. The lowest BCUT2D eigenvalue weighted by Crippen LogP contribution is -2.42. The van der Waals surface area contributed by atoms with Gasteiger partial charge in [0.05, 0.1) is 19.6 Å². The van der Waals surface area contributed by atoms with Crippen LogP contribution in [-0.2, 0) is 14.3 Å².